The number of carbonyl (C=O) groups is 3. The molecule has 0 saturated carbocycles. The zero-order chi connectivity index (χ0) is 27.4. The van der Waals surface area contributed by atoms with Gasteiger partial charge in [-0.3, -0.25) is 4.79 Å². The number of halogens is 2. The van der Waals surface area contributed by atoms with Crippen molar-refractivity contribution in [2.75, 3.05) is 31.9 Å². The smallest absolute Gasteiger partial charge is 0.340 e. The number of hydrogen-bond acceptors (Lipinski definition) is 11. The van der Waals surface area contributed by atoms with Gasteiger partial charge < -0.3 is 25.3 Å². The first-order valence-corrected chi connectivity index (χ1v) is 10.8. The van der Waals surface area contributed by atoms with Gasteiger partial charge in [0.15, 0.2) is 22.9 Å². The monoisotopic (exact) mass is 527 g/mol. The number of tetrazole rings is 1. The topological polar surface area (TPSA) is 173 Å². The van der Waals surface area contributed by atoms with Gasteiger partial charge in [0.2, 0.25) is 0 Å². The molecule has 0 radical (unpaired) electrons. The molecule has 0 unspecified atom stereocenters. The van der Waals surface area contributed by atoms with Gasteiger partial charge in [0.1, 0.15) is 5.82 Å². The number of nitrogens with zero attached hydrogens (tertiary/aromatic N) is 5. The molecule has 4 aromatic rings. The molecule has 0 bridgehead atoms. The molecular weight excluding hydrogens is 508 g/mol. The van der Waals surface area contributed by atoms with Crippen LogP contribution in [-0.4, -0.2) is 63.9 Å². The molecule has 0 fully saturated rings. The summed E-state index contributed by atoms with van der Waals surface area (Å²) in [7, 11) is 2.23. The van der Waals surface area contributed by atoms with Gasteiger partial charge in [0, 0.05) is 18.2 Å². The van der Waals surface area contributed by atoms with Crippen LogP contribution in [0.4, 0.5) is 20.2 Å². The number of nitrogens with one attached hydrogen (secondary N) is 1. The van der Waals surface area contributed by atoms with Gasteiger partial charge in [-0.25, -0.2) is 18.4 Å². The van der Waals surface area contributed by atoms with Crippen molar-refractivity contribution < 1.29 is 37.4 Å². The van der Waals surface area contributed by atoms with E-state index < -0.39 is 29.5 Å². The molecule has 0 aliphatic rings. The van der Waals surface area contributed by atoms with Gasteiger partial charge in [-0.15, -0.1) is 14.8 Å². The van der Waals surface area contributed by atoms with E-state index in [-0.39, 0.29) is 52.5 Å². The second-order valence-electron chi connectivity index (χ2n) is 7.64. The molecule has 0 saturated heterocycles. The maximum absolute atomic E-state index is 14.7. The molecule has 196 valence electrons. The molecule has 2 heterocycles. The van der Waals surface area contributed by atoms with Crippen molar-refractivity contribution in [2.45, 2.75) is 6.42 Å². The molecule has 3 N–H and O–H groups in total. The third-order valence-corrected chi connectivity index (χ3v) is 5.28. The SMILES string of the molecule is COC(=O)c1cc(F)c(CCOc2cc(NC(=O)c3ccc4nnnn4n3)c(C(=O)OC)cc2F)cc1N. The van der Waals surface area contributed by atoms with E-state index in [1.54, 1.807) is 0 Å². The summed E-state index contributed by atoms with van der Waals surface area (Å²) in [5.41, 5.74) is 5.56. The number of anilines is 2. The van der Waals surface area contributed by atoms with Gasteiger partial charge in [-0.1, -0.05) is 0 Å². The molecule has 2 aromatic heterocycles. The highest BCUT2D eigenvalue weighted by Gasteiger charge is 2.21. The van der Waals surface area contributed by atoms with Crippen molar-refractivity contribution >= 4 is 34.9 Å². The fourth-order valence-electron chi connectivity index (χ4n) is 3.39. The minimum absolute atomic E-state index is 0.000307. The number of esters is 2. The Hall–Kier alpha value is -5.21. The predicted molar refractivity (Wildman–Crippen MR) is 126 cm³/mol. The van der Waals surface area contributed by atoms with Crippen LogP contribution in [0.3, 0.4) is 0 Å². The van der Waals surface area contributed by atoms with Crippen LogP contribution in [-0.2, 0) is 15.9 Å². The van der Waals surface area contributed by atoms with Crippen molar-refractivity contribution in [1.82, 2.24) is 25.3 Å². The van der Waals surface area contributed by atoms with Gasteiger partial charge in [-0.05, 0) is 46.3 Å². The van der Waals surface area contributed by atoms with Crippen molar-refractivity contribution in [2.24, 2.45) is 0 Å². The summed E-state index contributed by atoms with van der Waals surface area (Å²) >= 11 is 0. The van der Waals surface area contributed by atoms with Crippen LogP contribution in [0.1, 0.15) is 36.8 Å². The van der Waals surface area contributed by atoms with Crippen LogP contribution in [0.15, 0.2) is 36.4 Å². The van der Waals surface area contributed by atoms with Crippen molar-refractivity contribution in [3.63, 3.8) is 0 Å². The third-order valence-electron chi connectivity index (χ3n) is 5.28. The highest BCUT2D eigenvalue weighted by Crippen LogP contribution is 2.28. The Labute approximate surface area is 212 Å². The predicted octanol–water partition coefficient (Wildman–Crippen LogP) is 1.83. The van der Waals surface area contributed by atoms with Gasteiger partial charge >= 0.3 is 11.9 Å². The van der Waals surface area contributed by atoms with Crippen LogP contribution in [0.5, 0.6) is 5.75 Å². The number of rotatable bonds is 8. The van der Waals surface area contributed by atoms with E-state index in [1.165, 1.54) is 18.2 Å². The van der Waals surface area contributed by atoms with E-state index in [9.17, 15) is 23.2 Å². The van der Waals surface area contributed by atoms with Gasteiger partial charge in [0.25, 0.3) is 5.91 Å². The lowest BCUT2D eigenvalue weighted by Gasteiger charge is -2.14. The zero-order valence-corrected chi connectivity index (χ0v) is 19.9. The standard InChI is InChI=1S/C23H19F2N7O6/c1-36-22(34)12-8-14(24)11(7-16(12)26)5-6-38-19-10-18(13(9-15(19)25)23(35)37-2)27-21(33)17-3-4-20-28-30-31-32(20)29-17/h3-4,7-10H,5-6,26H2,1-2H3,(H,27,33). The molecule has 38 heavy (non-hydrogen) atoms. The van der Waals surface area contributed by atoms with Gasteiger partial charge in [-0.2, -0.15) is 0 Å². The summed E-state index contributed by atoms with van der Waals surface area (Å²) in [6.07, 6.45) is -0.0484. The van der Waals surface area contributed by atoms with Crippen LogP contribution >= 0.6 is 0 Å². The first-order valence-electron chi connectivity index (χ1n) is 10.8. The number of carbonyl (C=O) groups excluding carboxylic acids is 3. The van der Waals surface area contributed by atoms with Crippen LogP contribution in [0, 0.1) is 11.6 Å². The third kappa shape index (κ3) is 5.30. The average molecular weight is 527 g/mol. The Morgan fingerprint density at radius 3 is 2.45 bits per heavy atom. The number of benzene rings is 2. The second-order valence-corrected chi connectivity index (χ2v) is 7.64. The fourth-order valence-corrected chi connectivity index (χ4v) is 3.39. The van der Waals surface area contributed by atoms with E-state index >= 15 is 0 Å². The molecule has 2 aromatic carbocycles. The fraction of sp³-hybridized carbons (Fsp3) is 0.174. The number of aromatic nitrogens is 5. The Morgan fingerprint density at radius 2 is 1.71 bits per heavy atom. The quantitative estimate of drug-likeness (QED) is 0.253. The molecule has 0 atom stereocenters. The molecule has 4 rings (SSSR count). The summed E-state index contributed by atoms with van der Waals surface area (Å²) in [6.45, 7) is -0.215. The summed E-state index contributed by atoms with van der Waals surface area (Å²) in [5, 5.41) is 17.1. The average Bonchev–Trinajstić information content (AvgIpc) is 3.39. The Balaban J connectivity index is 1.54. The molecular formula is C23H19F2N7O6. The number of amides is 1. The van der Waals surface area contributed by atoms with E-state index in [4.69, 9.17) is 10.5 Å². The Morgan fingerprint density at radius 1 is 1.00 bits per heavy atom. The van der Waals surface area contributed by atoms with E-state index in [0.29, 0.717) is 5.65 Å². The summed E-state index contributed by atoms with van der Waals surface area (Å²) < 4.78 is 44.9. The number of hydrogen-bond donors (Lipinski definition) is 2. The first-order chi connectivity index (χ1) is 18.2. The maximum Gasteiger partial charge on any atom is 0.340 e. The van der Waals surface area contributed by atoms with Crippen LogP contribution in [0.25, 0.3) is 5.65 Å². The molecule has 15 heteroatoms. The number of nitrogen functional groups attached to an aromatic ring is 1. The van der Waals surface area contributed by atoms with Crippen molar-refractivity contribution in [1.29, 1.82) is 0 Å². The van der Waals surface area contributed by atoms with Crippen LogP contribution < -0.4 is 15.8 Å². The molecule has 1 amide bonds. The molecule has 13 nitrogen and oxygen atoms in total. The normalized spacial score (nSPS) is 10.7. The summed E-state index contributed by atoms with van der Waals surface area (Å²) in [6, 6.07) is 6.91. The summed E-state index contributed by atoms with van der Waals surface area (Å²) in [4.78, 5) is 36.6. The Bertz CT molecular complexity index is 1560. The van der Waals surface area contributed by atoms with E-state index in [0.717, 1.165) is 37.0 Å². The first kappa shape index (κ1) is 25.9. The number of ether oxygens (including phenoxy) is 3. The largest absolute Gasteiger partial charge is 0.490 e. The summed E-state index contributed by atoms with van der Waals surface area (Å²) in [5.74, 6) is -4.47. The lowest BCUT2D eigenvalue weighted by atomic mass is 10.1. The second kappa shape index (κ2) is 10.8. The highest BCUT2D eigenvalue weighted by molar-refractivity contribution is 6.07. The van der Waals surface area contributed by atoms with Crippen LogP contribution in [0.2, 0.25) is 0 Å². The molecule has 0 aliphatic carbocycles. The maximum atomic E-state index is 14.7. The van der Waals surface area contributed by atoms with Crippen molar-refractivity contribution in [3.05, 3.63) is 70.4 Å². The highest BCUT2D eigenvalue weighted by atomic mass is 19.1. The zero-order valence-electron chi connectivity index (χ0n) is 19.9. The van der Waals surface area contributed by atoms with Crippen molar-refractivity contribution in [3.8, 4) is 5.75 Å². The number of fused-ring (bicyclic) bond motifs is 1. The minimum atomic E-state index is -0.933. The molecule has 0 spiro atoms. The lowest BCUT2D eigenvalue weighted by Crippen LogP contribution is -2.18. The number of methoxy groups -OCH3 is 2. The molecule has 0 aliphatic heterocycles. The van der Waals surface area contributed by atoms with E-state index in [1.807, 2.05) is 0 Å². The Kier molecular flexibility index (Phi) is 7.36. The minimum Gasteiger partial charge on any atom is -0.490 e. The van der Waals surface area contributed by atoms with E-state index in [2.05, 4.69) is 35.4 Å². The lowest BCUT2D eigenvalue weighted by molar-refractivity contribution is 0.0592. The number of nitrogens with two attached hydrogens (primary N) is 1. The van der Waals surface area contributed by atoms with Gasteiger partial charge in [0.05, 0.1) is 37.6 Å².